The molecule has 0 aromatic rings. The topological polar surface area (TPSA) is 66.9 Å². The van der Waals surface area contributed by atoms with Crippen LogP contribution in [0.15, 0.2) is 23.8 Å². The number of Topliss-reactive ketones (excluding diaryl/α,β-unsaturated/α-hetero) is 1. The monoisotopic (exact) mass is 442 g/mol. The van der Waals surface area contributed by atoms with Crippen molar-refractivity contribution < 1.29 is 19.4 Å². The van der Waals surface area contributed by atoms with Crippen LogP contribution < -0.4 is 0 Å². The Morgan fingerprint density at radius 1 is 1.16 bits per heavy atom. The van der Waals surface area contributed by atoms with Crippen LogP contribution in [0, 0.1) is 40.4 Å². The average molecular weight is 443 g/mol. The van der Waals surface area contributed by atoms with Gasteiger partial charge in [0.2, 0.25) is 0 Å². The van der Waals surface area contributed by atoms with E-state index in [-0.39, 0.29) is 29.3 Å². The Morgan fingerprint density at radius 3 is 2.53 bits per heavy atom. The second kappa shape index (κ2) is 8.20. The van der Waals surface area contributed by atoms with Gasteiger partial charge in [-0.2, -0.15) is 0 Å². The maximum Gasteiger partial charge on any atom is 0.167 e. The molecule has 4 rings (SSSR count). The minimum Gasteiger partial charge on any atom is -0.393 e. The summed E-state index contributed by atoms with van der Waals surface area (Å²) in [6.45, 7) is 13.3. The van der Waals surface area contributed by atoms with Crippen molar-refractivity contribution in [3.8, 4) is 0 Å². The molecule has 3 aliphatic carbocycles. The van der Waals surface area contributed by atoms with Crippen LogP contribution in [0.1, 0.15) is 80.1 Å². The Kier molecular flexibility index (Phi) is 6.12. The maximum absolute atomic E-state index is 13.9. The fourth-order valence-electron chi connectivity index (χ4n) is 7.27. The van der Waals surface area contributed by atoms with Gasteiger partial charge in [0.05, 0.1) is 11.5 Å². The maximum atomic E-state index is 13.9. The number of hydrogen-bond donors (Lipinski definition) is 1. The summed E-state index contributed by atoms with van der Waals surface area (Å²) in [5, 5.41) is 10.2. The van der Waals surface area contributed by atoms with Crippen molar-refractivity contribution in [1.82, 2.24) is 0 Å². The molecule has 0 radical (unpaired) electrons. The van der Waals surface area contributed by atoms with Crippen LogP contribution in [0.5, 0.6) is 0 Å². The molecule has 178 valence electrons. The minimum absolute atomic E-state index is 0.0705. The van der Waals surface area contributed by atoms with E-state index in [2.05, 4.69) is 59.8 Å². The second-order valence-corrected chi connectivity index (χ2v) is 12.1. The predicted octanol–water partition coefficient (Wildman–Crippen LogP) is 5.29. The van der Waals surface area contributed by atoms with Gasteiger partial charge in [-0.25, -0.2) is 0 Å². The number of hydrogen-bond acceptors (Lipinski definition) is 4. The molecule has 0 aromatic heterocycles. The van der Waals surface area contributed by atoms with Gasteiger partial charge in [-0.3, -0.25) is 4.79 Å². The standard InChI is InChI=1S/C28H42O4/c1-17(2)18(3)7-8-19(4)22-9-10-23(26(22,5)13-14-29)21-15-24-28(32-24)16-20(30)11-12-27(28,6)25(21)31/h7-8,14-15,17-20,22-24,30H,9-13,16H2,1-6H3/b8-7+/t18-,19+,20-,22+,23-,24-,26+,27+,28-/m0/s1. The number of epoxide rings is 1. The Bertz CT molecular complexity index is 827. The van der Waals surface area contributed by atoms with Gasteiger partial charge in [-0.1, -0.05) is 46.8 Å². The highest BCUT2D eigenvalue weighted by atomic mass is 16.6. The number of ether oxygens (including phenoxy) is 1. The summed E-state index contributed by atoms with van der Waals surface area (Å²) in [4.78, 5) is 25.8. The van der Waals surface area contributed by atoms with Crippen LogP contribution in [-0.4, -0.2) is 35.0 Å². The number of aliphatic hydroxyl groups excluding tert-OH is 1. The van der Waals surface area contributed by atoms with Gasteiger partial charge >= 0.3 is 0 Å². The number of allylic oxidation sites excluding steroid dienone is 3. The molecule has 0 bridgehead atoms. The van der Waals surface area contributed by atoms with Gasteiger partial charge in [-0.15, -0.1) is 0 Å². The Morgan fingerprint density at radius 2 is 1.88 bits per heavy atom. The highest BCUT2D eigenvalue weighted by Gasteiger charge is 2.73. The first-order chi connectivity index (χ1) is 15.0. The average Bonchev–Trinajstić information content (AvgIpc) is 3.33. The lowest BCUT2D eigenvalue weighted by Crippen LogP contribution is -2.53. The summed E-state index contributed by atoms with van der Waals surface area (Å²) >= 11 is 0. The summed E-state index contributed by atoms with van der Waals surface area (Å²) in [5.74, 6) is 2.16. The Balaban J connectivity index is 1.62. The van der Waals surface area contributed by atoms with Gasteiger partial charge in [-0.05, 0) is 79.3 Å². The van der Waals surface area contributed by atoms with Crippen molar-refractivity contribution in [3.05, 3.63) is 23.8 Å². The van der Waals surface area contributed by atoms with Crippen LogP contribution in [-0.2, 0) is 14.3 Å². The lowest BCUT2D eigenvalue weighted by Gasteiger charge is -2.46. The molecule has 0 aromatic carbocycles. The van der Waals surface area contributed by atoms with E-state index < -0.39 is 11.0 Å². The summed E-state index contributed by atoms with van der Waals surface area (Å²) in [6.07, 6.45) is 11.7. The first-order valence-corrected chi connectivity index (χ1v) is 12.7. The van der Waals surface area contributed by atoms with E-state index in [0.29, 0.717) is 49.4 Å². The summed E-state index contributed by atoms with van der Waals surface area (Å²) in [7, 11) is 0. The van der Waals surface area contributed by atoms with Crippen molar-refractivity contribution in [2.45, 2.75) is 97.9 Å². The van der Waals surface area contributed by atoms with Gasteiger partial charge in [0.25, 0.3) is 0 Å². The van der Waals surface area contributed by atoms with Crippen LogP contribution >= 0.6 is 0 Å². The Labute approximate surface area is 193 Å². The van der Waals surface area contributed by atoms with E-state index >= 15 is 0 Å². The van der Waals surface area contributed by atoms with Crippen molar-refractivity contribution >= 4 is 12.1 Å². The Hall–Kier alpha value is -1.26. The molecule has 1 N–H and O–H groups in total. The SMILES string of the molecule is CC(C)[C@@H](C)/C=C/[C@@H](C)[C@H]1CC[C@@H](C2=C[C@@H]3O[C@@]34C[C@@H](O)CC[C@]4(C)C2=O)[C@]1(C)CC=O. The van der Waals surface area contributed by atoms with E-state index in [0.717, 1.165) is 24.7 Å². The summed E-state index contributed by atoms with van der Waals surface area (Å²) < 4.78 is 6.15. The van der Waals surface area contributed by atoms with Crippen molar-refractivity contribution in [3.63, 3.8) is 0 Å². The van der Waals surface area contributed by atoms with Crippen molar-refractivity contribution in [2.75, 3.05) is 0 Å². The number of aliphatic hydroxyl groups is 1. The summed E-state index contributed by atoms with van der Waals surface area (Å²) in [5.41, 5.74) is -0.388. The van der Waals surface area contributed by atoms with E-state index in [1.807, 2.05) is 0 Å². The molecule has 4 heteroatoms. The van der Waals surface area contributed by atoms with E-state index in [1.54, 1.807) is 0 Å². The zero-order chi connectivity index (χ0) is 23.5. The first-order valence-electron chi connectivity index (χ1n) is 12.7. The zero-order valence-electron chi connectivity index (χ0n) is 20.8. The molecule has 32 heavy (non-hydrogen) atoms. The minimum atomic E-state index is -0.556. The summed E-state index contributed by atoms with van der Waals surface area (Å²) in [6, 6.07) is 0. The third-order valence-corrected chi connectivity index (χ3v) is 10.00. The molecular formula is C28H42O4. The molecule has 1 aliphatic heterocycles. The molecule has 0 amide bonds. The first kappa shape index (κ1) is 23.9. The second-order valence-electron chi connectivity index (χ2n) is 12.1. The highest BCUT2D eigenvalue weighted by Crippen LogP contribution is 2.65. The van der Waals surface area contributed by atoms with E-state index in [1.165, 1.54) is 0 Å². The van der Waals surface area contributed by atoms with E-state index in [9.17, 15) is 14.7 Å². The fraction of sp³-hybridized carbons (Fsp3) is 0.786. The van der Waals surface area contributed by atoms with Gasteiger partial charge < -0.3 is 14.6 Å². The number of aldehydes is 1. The van der Waals surface area contributed by atoms with Gasteiger partial charge in [0.1, 0.15) is 18.0 Å². The third kappa shape index (κ3) is 3.48. The molecule has 1 saturated heterocycles. The van der Waals surface area contributed by atoms with Crippen LogP contribution in [0.3, 0.4) is 0 Å². The zero-order valence-corrected chi connectivity index (χ0v) is 20.8. The molecule has 2 saturated carbocycles. The molecular weight excluding hydrogens is 400 g/mol. The van der Waals surface area contributed by atoms with Crippen molar-refractivity contribution in [1.29, 1.82) is 0 Å². The van der Waals surface area contributed by atoms with Crippen LogP contribution in [0.2, 0.25) is 0 Å². The number of carbonyl (C=O) groups excluding carboxylic acids is 2. The third-order valence-electron chi connectivity index (χ3n) is 10.00. The van der Waals surface area contributed by atoms with E-state index in [4.69, 9.17) is 4.74 Å². The molecule has 9 atom stereocenters. The quantitative estimate of drug-likeness (QED) is 0.330. The number of carbonyl (C=O) groups is 2. The number of rotatable bonds is 7. The smallest absolute Gasteiger partial charge is 0.167 e. The predicted molar refractivity (Wildman–Crippen MR) is 126 cm³/mol. The van der Waals surface area contributed by atoms with Crippen LogP contribution in [0.4, 0.5) is 0 Å². The lowest BCUT2D eigenvalue weighted by atomic mass is 9.55. The molecule has 0 unspecified atom stereocenters. The fourth-order valence-corrected chi connectivity index (χ4v) is 7.27. The van der Waals surface area contributed by atoms with Gasteiger partial charge in [0, 0.05) is 12.8 Å². The molecule has 4 aliphatic rings. The van der Waals surface area contributed by atoms with Crippen molar-refractivity contribution in [2.24, 2.45) is 40.4 Å². The highest BCUT2D eigenvalue weighted by molar-refractivity contribution is 6.03. The number of ketones is 1. The lowest BCUT2D eigenvalue weighted by molar-refractivity contribution is -0.134. The molecule has 4 nitrogen and oxygen atoms in total. The normalized spacial score (nSPS) is 45.4. The van der Waals surface area contributed by atoms with Crippen LogP contribution in [0.25, 0.3) is 0 Å². The van der Waals surface area contributed by atoms with Gasteiger partial charge in [0.15, 0.2) is 5.78 Å². The molecule has 3 fully saturated rings. The molecule has 1 heterocycles. The largest absolute Gasteiger partial charge is 0.393 e. The molecule has 1 spiro atoms.